The van der Waals surface area contributed by atoms with Crippen LogP contribution in [0.15, 0.2) is 48.7 Å². The number of rotatable bonds is 2. The third-order valence-corrected chi connectivity index (χ3v) is 5.65. The molecule has 0 saturated heterocycles. The van der Waals surface area contributed by atoms with Gasteiger partial charge >= 0.3 is 0 Å². The summed E-state index contributed by atoms with van der Waals surface area (Å²) in [6.45, 7) is 0. The van der Waals surface area contributed by atoms with Crippen LogP contribution in [-0.2, 0) is 6.42 Å². The topological polar surface area (TPSA) is 60.7 Å². The second-order valence-electron chi connectivity index (χ2n) is 6.84. The van der Waals surface area contributed by atoms with Crippen molar-refractivity contribution in [2.45, 2.75) is 25.3 Å². The fourth-order valence-corrected chi connectivity index (χ4v) is 4.34. The maximum Gasteiger partial charge on any atom is 0.252 e. The first-order valence-corrected chi connectivity index (χ1v) is 9.26. The van der Waals surface area contributed by atoms with E-state index in [1.807, 2.05) is 42.6 Å². The molecule has 1 amide bonds. The van der Waals surface area contributed by atoms with Crippen molar-refractivity contribution >= 4 is 39.3 Å². The number of carbonyl (C=O) groups is 1. The summed E-state index contributed by atoms with van der Waals surface area (Å²) in [6, 6.07) is 13.6. The Hall–Kier alpha value is -2.72. The number of H-pyrrole nitrogens is 2. The van der Waals surface area contributed by atoms with E-state index in [1.165, 1.54) is 10.9 Å². The van der Waals surface area contributed by atoms with Crippen LogP contribution in [0.4, 0.5) is 0 Å². The molecule has 0 saturated carbocycles. The summed E-state index contributed by atoms with van der Waals surface area (Å²) in [5.74, 6) is -0.0437. The maximum absolute atomic E-state index is 13.0. The zero-order valence-corrected chi connectivity index (χ0v) is 14.9. The Balaban J connectivity index is 1.53. The molecule has 1 aliphatic carbocycles. The quantitative estimate of drug-likeness (QED) is 0.455. The first-order valence-electron chi connectivity index (χ1n) is 8.88. The molecule has 3 N–H and O–H groups in total. The van der Waals surface area contributed by atoms with Gasteiger partial charge in [0.2, 0.25) is 0 Å². The van der Waals surface area contributed by atoms with Gasteiger partial charge in [0.15, 0.2) is 0 Å². The van der Waals surface area contributed by atoms with Gasteiger partial charge in [-0.05, 0) is 49.1 Å². The summed E-state index contributed by atoms with van der Waals surface area (Å²) in [5.41, 5.74) is 5.00. The van der Waals surface area contributed by atoms with Gasteiger partial charge in [-0.25, -0.2) is 0 Å². The fourth-order valence-electron chi connectivity index (χ4n) is 4.12. The lowest BCUT2D eigenvalue weighted by molar-refractivity contribution is 0.0933. The smallest absolute Gasteiger partial charge is 0.252 e. The largest absolute Gasteiger partial charge is 0.361 e. The maximum atomic E-state index is 13.0. The highest BCUT2D eigenvalue weighted by atomic mass is 35.5. The molecule has 5 heteroatoms. The number of para-hydroxylation sites is 1. The summed E-state index contributed by atoms with van der Waals surface area (Å²) in [5, 5.41) is 6.06. The summed E-state index contributed by atoms with van der Waals surface area (Å²) >= 11 is 6.36. The standard InChI is InChI=1S/C21H18ClN3O/c22-16-7-1-4-13-14-5-2-9-18(20(14)25-19(13)16)24-21(26)15-6-3-8-17-12(15)10-11-23-17/h1,3-4,6-8,10-11,18,23,25H,2,5,9H2,(H,24,26). The number of aromatic amines is 2. The van der Waals surface area contributed by atoms with Crippen molar-refractivity contribution in [2.24, 2.45) is 0 Å². The van der Waals surface area contributed by atoms with E-state index >= 15 is 0 Å². The third kappa shape index (κ3) is 2.33. The van der Waals surface area contributed by atoms with E-state index in [-0.39, 0.29) is 11.9 Å². The molecule has 2 heterocycles. The molecule has 26 heavy (non-hydrogen) atoms. The van der Waals surface area contributed by atoms with Crippen LogP contribution in [0.3, 0.4) is 0 Å². The van der Waals surface area contributed by atoms with E-state index in [0.717, 1.165) is 46.4 Å². The molecule has 0 aliphatic heterocycles. The van der Waals surface area contributed by atoms with Crippen LogP contribution >= 0.6 is 11.6 Å². The molecule has 4 aromatic rings. The molecule has 0 radical (unpaired) electrons. The Morgan fingerprint density at radius 2 is 2.00 bits per heavy atom. The third-order valence-electron chi connectivity index (χ3n) is 5.34. The Bertz CT molecular complexity index is 1140. The molecular formula is C21H18ClN3O. The van der Waals surface area contributed by atoms with Crippen LogP contribution in [0.2, 0.25) is 5.02 Å². The predicted molar refractivity (Wildman–Crippen MR) is 105 cm³/mol. The summed E-state index contributed by atoms with van der Waals surface area (Å²) in [4.78, 5) is 19.6. The molecule has 5 rings (SSSR count). The number of halogens is 1. The van der Waals surface area contributed by atoms with Crippen molar-refractivity contribution < 1.29 is 4.79 Å². The van der Waals surface area contributed by atoms with Gasteiger partial charge in [0.25, 0.3) is 5.91 Å². The number of fused-ring (bicyclic) bond motifs is 4. The first kappa shape index (κ1) is 15.5. The van der Waals surface area contributed by atoms with Gasteiger partial charge in [-0.1, -0.05) is 29.8 Å². The number of aryl methyl sites for hydroxylation is 1. The minimum Gasteiger partial charge on any atom is -0.361 e. The molecule has 0 spiro atoms. The number of nitrogens with one attached hydrogen (secondary N) is 3. The van der Waals surface area contributed by atoms with E-state index in [1.54, 1.807) is 0 Å². The summed E-state index contributed by atoms with van der Waals surface area (Å²) < 4.78 is 0. The number of aromatic nitrogens is 2. The zero-order chi connectivity index (χ0) is 17.7. The molecule has 2 aromatic heterocycles. The molecule has 4 nitrogen and oxygen atoms in total. The monoisotopic (exact) mass is 363 g/mol. The molecule has 130 valence electrons. The van der Waals surface area contributed by atoms with Gasteiger partial charge in [-0.2, -0.15) is 0 Å². The van der Waals surface area contributed by atoms with E-state index in [4.69, 9.17) is 11.6 Å². The predicted octanol–water partition coefficient (Wildman–Crippen LogP) is 5.11. The lowest BCUT2D eigenvalue weighted by Crippen LogP contribution is -2.31. The average molecular weight is 364 g/mol. The molecular weight excluding hydrogens is 346 g/mol. The van der Waals surface area contributed by atoms with Crippen molar-refractivity contribution in [1.82, 2.24) is 15.3 Å². The lowest BCUT2D eigenvalue weighted by Gasteiger charge is -2.24. The Morgan fingerprint density at radius 3 is 2.92 bits per heavy atom. The van der Waals surface area contributed by atoms with Crippen LogP contribution in [0.25, 0.3) is 21.8 Å². The highest BCUT2D eigenvalue weighted by molar-refractivity contribution is 6.35. The van der Waals surface area contributed by atoms with Crippen LogP contribution in [0.1, 0.15) is 40.5 Å². The van der Waals surface area contributed by atoms with Crippen molar-refractivity contribution in [2.75, 3.05) is 0 Å². The molecule has 1 atom stereocenters. The van der Waals surface area contributed by atoms with E-state index in [9.17, 15) is 4.79 Å². The van der Waals surface area contributed by atoms with Crippen LogP contribution in [-0.4, -0.2) is 15.9 Å². The molecule has 1 unspecified atom stereocenters. The molecule has 0 bridgehead atoms. The minimum atomic E-state index is -0.0437. The minimum absolute atomic E-state index is 0.0242. The van der Waals surface area contributed by atoms with Gasteiger partial charge in [0, 0.05) is 33.7 Å². The number of hydrogen-bond acceptors (Lipinski definition) is 1. The number of amides is 1. The van der Waals surface area contributed by atoms with Crippen LogP contribution in [0, 0.1) is 0 Å². The number of benzene rings is 2. The molecule has 1 aliphatic rings. The van der Waals surface area contributed by atoms with Gasteiger partial charge in [-0.15, -0.1) is 0 Å². The van der Waals surface area contributed by atoms with E-state index < -0.39 is 0 Å². The lowest BCUT2D eigenvalue weighted by atomic mass is 9.91. The summed E-state index contributed by atoms with van der Waals surface area (Å²) in [7, 11) is 0. The second-order valence-corrected chi connectivity index (χ2v) is 7.25. The van der Waals surface area contributed by atoms with E-state index in [0.29, 0.717) is 5.56 Å². The molecule has 2 aromatic carbocycles. The van der Waals surface area contributed by atoms with Crippen LogP contribution < -0.4 is 5.32 Å². The van der Waals surface area contributed by atoms with Crippen molar-refractivity contribution in [3.8, 4) is 0 Å². The van der Waals surface area contributed by atoms with Crippen molar-refractivity contribution in [3.05, 3.63) is 70.5 Å². The van der Waals surface area contributed by atoms with Gasteiger partial charge in [-0.3, -0.25) is 4.79 Å². The second kappa shape index (κ2) is 5.92. The highest BCUT2D eigenvalue weighted by Gasteiger charge is 2.26. The normalized spacial score (nSPS) is 16.7. The van der Waals surface area contributed by atoms with Crippen molar-refractivity contribution in [1.29, 1.82) is 0 Å². The summed E-state index contributed by atoms with van der Waals surface area (Å²) in [6.07, 6.45) is 4.84. The first-order chi connectivity index (χ1) is 12.7. The van der Waals surface area contributed by atoms with Crippen LogP contribution in [0.5, 0.6) is 0 Å². The Kier molecular flexibility index (Phi) is 3.54. The SMILES string of the molecule is O=C(NC1CCCc2c1[nH]c1c(Cl)cccc21)c1cccc2[nH]ccc12. The van der Waals surface area contributed by atoms with Crippen molar-refractivity contribution in [3.63, 3.8) is 0 Å². The Morgan fingerprint density at radius 1 is 1.12 bits per heavy atom. The zero-order valence-electron chi connectivity index (χ0n) is 14.1. The molecule has 0 fully saturated rings. The van der Waals surface area contributed by atoms with Gasteiger partial charge in [0.1, 0.15) is 0 Å². The fraction of sp³-hybridized carbons (Fsp3) is 0.190. The van der Waals surface area contributed by atoms with Gasteiger partial charge in [0.05, 0.1) is 16.6 Å². The number of hydrogen-bond donors (Lipinski definition) is 3. The van der Waals surface area contributed by atoms with Gasteiger partial charge < -0.3 is 15.3 Å². The number of carbonyl (C=O) groups excluding carboxylic acids is 1. The Labute approximate surface area is 155 Å². The van der Waals surface area contributed by atoms with E-state index in [2.05, 4.69) is 21.4 Å². The highest BCUT2D eigenvalue weighted by Crippen LogP contribution is 2.37. The average Bonchev–Trinajstić information content (AvgIpc) is 3.27.